The van der Waals surface area contributed by atoms with Crippen LogP contribution in [0.3, 0.4) is 0 Å². The van der Waals surface area contributed by atoms with Gasteiger partial charge in [-0.1, -0.05) is 6.07 Å². The molecule has 0 bridgehead atoms. The second-order valence-corrected chi connectivity index (χ2v) is 6.91. The number of nitrogens with zero attached hydrogens (tertiary/aromatic N) is 5. The summed E-state index contributed by atoms with van der Waals surface area (Å²) >= 11 is 0. The summed E-state index contributed by atoms with van der Waals surface area (Å²) in [6, 6.07) is 7.81. The van der Waals surface area contributed by atoms with Crippen LogP contribution in [0.5, 0.6) is 0 Å². The van der Waals surface area contributed by atoms with Gasteiger partial charge in [-0.3, -0.25) is 4.79 Å². The number of anilines is 1. The molecular formula is C20H23N7O2. The molecule has 0 saturated carbocycles. The number of carbonyl (C=O) groups excluding carboxylic acids is 1. The van der Waals surface area contributed by atoms with Crippen molar-refractivity contribution in [1.29, 1.82) is 0 Å². The summed E-state index contributed by atoms with van der Waals surface area (Å²) in [6.07, 6.45) is 1.78. The van der Waals surface area contributed by atoms with Crippen LogP contribution in [-0.2, 0) is 23.1 Å². The van der Waals surface area contributed by atoms with Gasteiger partial charge in [-0.15, -0.1) is 0 Å². The molecular weight excluding hydrogens is 370 g/mol. The predicted octanol–water partition coefficient (Wildman–Crippen LogP) is 2.16. The molecule has 4 heterocycles. The number of aromatic nitrogens is 5. The Labute approximate surface area is 167 Å². The van der Waals surface area contributed by atoms with Gasteiger partial charge in [0.1, 0.15) is 17.8 Å². The van der Waals surface area contributed by atoms with Crippen LogP contribution in [0.1, 0.15) is 5.69 Å². The van der Waals surface area contributed by atoms with E-state index in [1.54, 1.807) is 18.3 Å². The molecule has 9 heteroatoms. The Morgan fingerprint density at radius 3 is 2.93 bits per heavy atom. The van der Waals surface area contributed by atoms with Gasteiger partial charge in [-0.2, -0.15) is 0 Å². The van der Waals surface area contributed by atoms with E-state index in [1.165, 1.54) is 7.11 Å². The van der Waals surface area contributed by atoms with Crippen LogP contribution in [-0.4, -0.2) is 63.1 Å². The molecule has 1 amide bonds. The van der Waals surface area contributed by atoms with Crippen LogP contribution in [0.4, 0.5) is 5.82 Å². The number of amides is 1. The van der Waals surface area contributed by atoms with E-state index < -0.39 is 0 Å². The fraction of sp³-hybridized carbons (Fsp3) is 0.300. The number of hydrogen-bond acceptors (Lipinski definition) is 6. The normalized spacial score (nSPS) is 11.3. The molecule has 0 aliphatic heterocycles. The van der Waals surface area contributed by atoms with E-state index >= 15 is 0 Å². The highest BCUT2D eigenvalue weighted by molar-refractivity contribution is 6.07. The molecule has 9 nitrogen and oxygen atoms in total. The van der Waals surface area contributed by atoms with Gasteiger partial charge < -0.3 is 24.5 Å². The Hall–Kier alpha value is -3.46. The van der Waals surface area contributed by atoms with Crippen molar-refractivity contribution in [3.8, 4) is 11.4 Å². The van der Waals surface area contributed by atoms with Crippen LogP contribution in [0.2, 0.25) is 0 Å². The van der Waals surface area contributed by atoms with Crippen molar-refractivity contribution < 1.29 is 9.53 Å². The number of pyridine rings is 2. The van der Waals surface area contributed by atoms with Crippen molar-refractivity contribution in [2.24, 2.45) is 7.05 Å². The maximum absolute atomic E-state index is 12.0. The lowest BCUT2D eigenvalue weighted by molar-refractivity contribution is -0.134. The molecule has 29 heavy (non-hydrogen) atoms. The van der Waals surface area contributed by atoms with Gasteiger partial charge in [0.15, 0.2) is 5.82 Å². The first-order valence-electron chi connectivity index (χ1n) is 9.22. The van der Waals surface area contributed by atoms with E-state index in [2.05, 4.69) is 20.3 Å². The van der Waals surface area contributed by atoms with E-state index in [0.29, 0.717) is 6.54 Å². The summed E-state index contributed by atoms with van der Waals surface area (Å²) in [5.74, 6) is 0.634. The predicted molar refractivity (Wildman–Crippen MR) is 111 cm³/mol. The second kappa shape index (κ2) is 7.51. The third-order valence-electron chi connectivity index (χ3n) is 4.85. The van der Waals surface area contributed by atoms with Gasteiger partial charge in [-0.25, -0.2) is 15.0 Å². The SMILES string of the molecule is CNc1nc2[nH]c(-c3cccc(CN(C)C(=O)COC)n3)cc2c2c1ncn2C. The number of ether oxygens (including phenoxy) is 1. The maximum Gasteiger partial charge on any atom is 0.248 e. The van der Waals surface area contributed by atoms with E-state index in [9.17, 15) is 4.79 Å². The van der Waals surface area contributed by atoms with Gasteiger partial charge in [0.2, 0.25) is 5.91 Å². The van der Waals surface area contributed by atoms with Crippen LogP contribution in [0.15, 0.2) is 30.6 Å². The van der Waals surface area contributed by atoms with Gasteiger partial charge in [0.05, 0.1) is 35.5 Å². The van der Waals surface area contributed by atoms with E-state index in [4.69, 9.17) is 9.72 Å². The third-order valence-corrected chi connectivity index (χ3v) is 4.85. The lowest BCUT2D eigenvalue weighted by Gasteiger charge is -2.16. The minimum absolute atomic E-state index is 0.0539. The summed E-state index contributed by atoms with van der Waals surface area (Å²) < 4.78 is 6.89. The highest BCUT2D eigenvalue weighted by Gasteiger charge is 2.16. The molecule has 4 aromatic heterocycles. The molecule has 0 atom stereocenters. The number of H-pyrrole nitrogens is 1. The number of fused-ring (bicyclic) bond motifs is 3. The first kappa shape index (κ1) is 18.9. The monoisotopic (exact) mass is 393 g/mol. The molecule has 0 saturated heterocycles. The van der Waals surface area contributed by atoms with Crippen molar-refractivity contribution in [2.45, 2.75) is 6.54 Å². The van der Waals surface area contributed by atoms with Crippen molar-refractivity contribution >= 4 is 33.8 Å². The summed E-state index contributed by atoms with van der Waals surface area (Å²) in [5.41, 5.74) is 5.03. The van der Waals surface area contributed by atoms with Crippen molar-refractivity contribution in [1.82, 2.24) is 29.4 Å². The lowest BCUT2D eigenvalue weighted by atomic mass is 10.2. The van der Waals surface area contributed by atoms with Crippen LogP contribution >= 0.6 is 0 Å². The Bertz CT molecular complexity index is 1190. The van der Waals surface area contributed by atoms with Crippen molar-refractivity contribution in [3.05, 3.63) is 36.3 Å². The number of methoxy groups -OCH3 is 1. The summed E-state index contributed by atoms with van der Waals surface area (Å²) in [4.78, 5) is 30.8. The van der Waals surface area contributed by atoms with Crippen molar-refractivity contribution in [2.75, 3.05) is 33.1 Å². The van der Waals surface area contributed by atoms with E-state index in [0.717, 1.165) is 45.0 Å². The zero-order valence-electron chi connectivity index (χ0n) is 16.9. The molecule has 4 aromatic rings. The fourth-order valence-corrected chi connectivity index (χ4v) is 3.39. The average Bonchev–Trinajstić information content (AvgIpc) is 3.31. The zero-order chi connectivity index (χ0) is 20.5. The van der Waals surface area contributed by atoms with Crippen LogP contribution in [0, 0.1) is 0 Å². The third kappa shape index (κ3) is 3.40. The number of aryl methyl sites for hydroxylation is 1. The molecule has 0 aliphatic rings. The minimum Gasteiger partial charge on any atom is -0.375 e. The quantitative estimate of drug-likeness (QED) is 0.521. The second-order valence-electron chi connectivity index (χ2n) is 6.91. The molecule has 0 spiro atoms. The molecule has 4 rings (SSSR count). The highest BCUT2D eigenvalue weighted by atomic mass is 16.5. The first-order valence-corrected chi connectivity index (χ1v) is 9.22. The lowest BCUT2D eigenvalue weighted by Crippen LogP contribution is -2.29. The Balaban J connectivity index is 1.73. The highest BCUT2D eigenvalue weighted by Crippen LogP contribution is 2.31. The average molecular weight is 393 g/mol. The zero-order valence-corrected chi connectivity index (χ0v) is 16.9. The van der Waals surface area contributed by atoms with Crippen LogP contribution < -0.4 is 5.32 Å². The summed E-state index contributed by atoms with van der Waals surface area (Å²) in [5, 5.41) is 4.09. The number of aromatic amines is 1. The molecule has 0 unspecified atom stereocenters. The maximum atomic E-state index is 12.0. The number of imidazole rings is 1. The number of nitrogens with one attached hydrogen (secondary N) is 2. The fourth-order valence-electron chi connectivity index (χ4n) is 3.39. The Kier molecular flexibility index (Phi) is 4.89. The number of carbonyl (C=O) groups is 1. The van der Waals surface area contributed by atoms with Crippen molar-refractivity contribution in [3.63, 3.8) is 0 Å². The molecule has 0 fully saturated rings. The molecule has 150 valence electrons. The van der Waals surface area contributed by atoms with Gasteiger partial charge in [-0.05, 0) is 18.2 Å². The largest absolute Gasteiger partial charge is 0.375 e. The molecule has 0 aromatic carbocycles. The number of rotatable bonds is 6. The summed E-state index contributed by atoms with van der Waals surface area (Å²) in [7, 11) is 7.04. The topological polar surface area (TPSA) is 101 Å². The molecule has 2 N–H and O–H groups in total. The number of likely N-dealkylation sites (N-methyl/N-ethyl adjacent to an activating group) is 1. The van der Waals surface area contributed by atoms with Crippen LogP contribution in [0.25, 0.3) is 33.5 Å². The van der Waals surface area contributed by atoms with E-state index in [1.807, 2.05) is 42.9 Å². The van der Waals surface area contributed by atoms with Gasteiger partial charge in [0, 0.05) is 33.6 Å². The molecule has 0 radical (unpaired) electrons. The Morgan fingerprint density at radius 1 is 1.34 bits per heavy atom. The number of hydrogen-bond donors (Lipinski definition) is 2. The smallest absolute Gasteiger partial charge is 0.248 e. The van der Waals surface area contributed by atoms with Gasteiger partial charge >= 0.3 is 0 Å². The first-order chi connectivity index (χ1) is 14.0. The summed E-state index contributed by atoms with van der Waals surface area (Å²) in [6.45, 7) is 0.461. The molecule has 0 aliphatic carbocycles. The van der Waals surface area contributed by atoms with E-state index in [-0.39, 0.29) is 12.5 Å². The van der Waals surface area contributed by atoms with Gasteiger partial charge in [0.25, 0.3) is 0 Å². The standard InChI is InChI=1S/C20H23N7O2/c1-21-20-17-18(27(3)11-22-17)13-8-15(24-19(13)25-20)14-7-5-6-12(23-14)9-26(2)16(28)10-29-4/h5-8,11H,9-10H2,1-4H3,(H2,21,24,25). The Morgan fingerprint density at radius 2 is 2.17 bits per heavy atom. The minimum atomic E-state index is -0.0901.